The number of carbonyl (C=O) groups is 2. The molecule has 0 heterocycles. The summed E-state index contributed by atoms with van der Waals surface area (Å²) in [6.45, 7) is 6.67. The van der Waals surface area contributed by atoms with Gasteiger partial charge in [0.1, 0.15) is 11.1 Å². The summed E-state index contributed by atoms with van der Waals surface area (Å²) < 4.78 is 31.9. The van der Waals surface area contributed by atoms with Crippen molar-refractivity contribution >= 4 is 23.5 Å². The van der Waals surface area contributed by atoms with Crippen LogP contribution in [0.1, 0.15) is 40.5 Å². The molecule has 1 unspecified atom stereocenters. The zero-order chi connectivity index (χ0) is 16.9. The molecule has 1 amide bonds. The Hall–Kier alpha value is -0.910. The third kappa shape index (κ3) is 3.07. The van der Waals surface area contributed by atoms with Crippen LogP contribution in [0, 0.1) is 17.8 Å². The molecule has 2 saturated carbocycles. The number of hydrogen-bond donors (Lipinski definition) is 1. The van der Waals surface area contributed by atoms with Crippen LogP contribution in [0.4, 0.5) is 13.6 Å². The monoisotopic (exact) mass is 337 g/mol. The molecule has 0 spiro atoms. The molecular weight excluding hydrogens is 316 g/mol. The fourth-order valence-corrected chi connectivity index (χ4v) is 3.62. The van der Waals surface area contributed by atoms with Crippen molar-refractivity contribution in [3.63, 3.8) is 0 Å². The molecule has 7 heteroatoms. The van der Waals surface area contributed by atoms with Gasteiger partial charge in [-0.1, -0.05) is 0 Å². The summed E-state index contributed by atoms with van der Waals surface area (Å²) in [5.74, 6) is -4.99. The van der Waals surface area contributed by atoms with Crippen molar-refractivity contribution in [3.05, 3.63) is 0 Å². The molecule has 126 valence electrons. The van der Waals surface area contributed by atoms with E-state index >= 15 is 0 Å². The summed E-state index contributed by atoms with van der Waals surface area (Å²) in [7, 11) is 0. The lowest BCUT2D eigenvalue weighted by Gasteiger charge is -2.36. The molecule has 0 aromatic heterocycles. The molecule has 4 nitrogen and oxygen atoms in total. The van der Waals surface area contributed by atoms with Gasteiger partial charge in [-0.05, 0) is 46.5 Å². The van der Waals surface area contributed by atoms with Crippen molar-refractivity contribution in [2.75, 3.05) is 5.88 Å². The molecule has 0 aromatic carbocycles. The van der Waals surface area contributed by atoms with E-state index in [1.54, 1.807) is 27.7 Å². The van der Waals surface area contributed by atoms with E-state index < -0.39 is 35.0 Å². The van der Waals surface area contributed by atoms with Crippen LogP contribution < -0.4 is 5.32 Å². The fraction of sp³-hybridized carbons (Fsp3) is 0.867. The maximum atomic E-state index is 13.3. The van der Waals surface area contributed by atoms with Crippen LogP contribution in [0.15, 0.2) is 0 Å². The van der Waals surface area contributed by atoms with E-state index in [0.717, 1.165) is 0 Å². The Morgan fingerprint density at radius 1 is 1.23 bits per heavy atom. The predicted molar refractivity (Wildman–Crippen MR) is 78.2 cm³/mol. The van der Waals surface area contributed by atoms with Crippen molar-refractivity contribution < 1.29 is 23.1 Å². The quantitative estimate of drug-likeness (QED) is 0.800. The molecule has 2 rings (SSSR count). The van der Waals surface area contributed by atoms with Gasteiger partial charge in [0.15, 0.2) is 5.78 Å². The van der Waals surface area contributed by atoms with Gasteiger partial charge < -0.3 is 10.1 Å². The molecule has 2 fully saturated rings. The van der Waals surface area contributed by atoms with Crippen LogP contribution in [0.5, 0.6) is 0 Å². The Morgan fingerprint density at radius 3 is 2.14 bits per heavy atom. The van der Waals surface area contributed by atoms with Gasteiger partial charge in [0.05, 0.1) is 5.88 Å². The summed E-state index contributed by atoms with van der Waals surface area (Å²) in [5.41, 5.74) is -1.98. The van der Waals surface area contributed by atoms with E-state index in [9.17, 15) is 18.4 Å². The Morgan fingerprint density at radius 2 is 1.73 bits per heavy atom. The number of ketones is 1. The largest absolute Gasteiger partial charge is 0.444 e. The minimum Gasteiger partial charge on any atom is -0.444 e. The second-order valence-corrected chi connectivity index (χ2v) is 7.71. The number of halogens is 3. The topological polar surface area (TPSA) is 55.4 Å². The highest BCUT2D eigenvalue weighted by atomic mass is 35.5. The van der Waals surface area contributed by atoms with Crippen molar-refractivity contribution in [1.29, 1.82) is 0 Å². The molecule has 22 heavy (non-hydrogen) atoms. The Kier molecular flexibility index (Phi) is 4.22. The first-order chi connectivity index (χ1) is 9.91. The van der Waals surface area contributed by atoms with Crippen LogP contribution in [-0.2, 0) is 9.53 Å². The average Bonchev–Trinajstić information content (AvgIpc) is 2.78. The molecule has 0 saturated heterocycles. The number of Topliss-reactive ketones (excluding diaryl/α,β-unsaturated/α-hetero) is 1. The van der Waals surface area contributed by atoms with E-state index in [0.29, 0.717) is 0 Å². The first kappa shape index (κ1) is 17.4. The highest BCUT2D eigenvalue weighted by Crippen LogP contribution is 2.67. The van der Waals surface area contributed by atoms with Gasteiger partial charge in [0.2, 0.25) is 0 Å². The van der Waals surface area contributed by atoms with Gasteiger partial charge in [0, 0.05) is 11.8 Å². The lowest BCUT2D eigenvalue weighted by Crippen LogP contribution is -2.58. The lowest BCUT2D eigenvalue weighted by molar-refractivity contribution is -0.125. The number of alkyl carbamates (subject to hydrolysis) is 1. The van der Waals surface area contributed by atoms with Gasteiger partial charge >= 0.3 is 6.09 Å². The SMILES string of the molecule is CC(C)(C)OC(=O)N[C@@](C)(C(=O)CCl)C1C[C@@H]2[C@H](C1)C2(F)F. The first-order valence-electron chi connectivity index (χ1n) is 7.40. The minimum absolute atomic E-state index is 0.215. The smallest absolute Gasteiger partial charge is 0.408 e. The minimum atomic E-state index is -2.62. The molecular formula is C15H22ClF2NO3. The number of rotatable bonds is 4. The second kappa shape index (κ2) is 5.32. The van der Waals surface area contributed by atoms with E-state index in [1.807, 2.05) is 0 Å². The molecule has 1 N–H and O–H groups in total. The second-order valence-electron chi connectivity index (χ2n) is 7.44. The molecule has 2 aliphatic carbocycles. The Bertz CT molecular complexity index is 478. The number of amides is 1. The molecule has 0 radical (unpaired) electrons. The van der Waals surface area contributed by atoms with Gasteiger partial charge in [0.25, 0.3) is 5.92 Å². The number of carbonyl (C=O) groups excluding carboxylic acids is 2. The van der Waals surface area contributed by atoms with E-state index in [4.69, 9.17) is 16.3 Å². The summed E-state index contributed by atoms with van der Waals surface area (Å²) in [4.78, 5) is 24.2. The summed E-state index contributed by atoms with van der Waals surface area (Å²) >= 11 is 5.65. The number of ether oxygens (including phenoxy) is 1. The van der Waals surface area contributed by atoms with Crippen LogP contribution in [-0.4, -0.2) is 34.8 Å². The first-order valence-corrected chi connectivity index (χ1v) is 7.93. The van der Waals surface area contributed by atoms with Crippen LogP contribution in [0.25, 0.3) is 0 Å². The highest BCUT2D eigenvalue weighted by molar-refractivity contribution is 6.29. The fourth-order valence-electron chi connectivity index (χ4n) is 3.34. The summed E-state index contributed by atoms with van der Waals surface area (Å²) in [6, 6.07) is 0. The van der Waals surface area contributed by atoms with E-state index in [-0.39, 0.29) is 30.4 Å². The normalized spacial score (nSPS) is 31.9. The highest BCUT2D eigenvalue weighted by Gasteiger charge is 2.73. The van der Waals surface area contributed by atoms with Crippen LogP contribution >= 0.6 is 11.6 Å². The molecule has 2 aliphatic rings. The third-order valence-corrected chi connectivity index (χ3v) is 4.96. The Balaban J connectivity index is 2.09. The van der Waals surface area contributed by atoms with Crippen molar-refractivity contribution in [3.8, 4) is 0 Å². The third-order valence-electron chi connectivity index (χ3n) is 4.72. The molecule has 4 atom stereocenters. The molecule has 0 bridgehead atoms. The average molecular weight is 338 g/mol. The number of hydrogen-bond acceptors (Lipinski definition) is 3. The van der Waals surface area contributed by atoms with Gasteiger partial charge in [-0.25, -0.2) is 13.6 Å². The Labute approximate surface area is 133 Å². The van der Waals surface area contributed by atoms with E-state index in [2.05, 4.69) is 5.32 Å². The predicted octanol–water partition coefficient (Wildman–Crippen LogP) is 3.37. The maximum absolute atomic E-state index is 13.3. The van der Waals surface area contributed by atoms with Gasteiger partial charge in [-0.3, -0.25) is 4.79 Å². The maximum Gasteiger partial charge on any atom is 0.408 e. The van der Waals surface area contributed by atoms with E-state index in [1.165, 1.54) is 0 Å². The van der Waals surface area contributed by atoms with Gasteiger partial charge in [-0.15, -0.1) is 11.6 Å². The summed E-state index contributed by atoms with van der Waals surface area (Å²) in [6.07, 6.45) is -0.306. The van der Waals surface area contributed by atoms with Crippen LogP contribution in [0.2, 0.25) is 0 Å². The van der Waals surface area contributed by atoms with Crippen molar-refractivity contribution in [2.45, 2.75) is 57.6 Å². The van der Waals surface area contributed by atoms with Crippen LogP contribution in [0.3, 0.4) is 0 Å². The zero-order valence-corrected chi connectivity index (χ0v) is 14.0. The summed E-state index contributed by atoms with van der Waals surface area (Å²) in [5, 5.41) is 2.57. The zero-order valence-electron chi connectivity index (χ0n) is 13.2. The van der Waals surface area contributed by atoms with Crippen molar-refractivity contribution in [2.24, 2.45) is 17.8 Å². The number of alkyl halides is 3. The van der Waals surface area contributed by atoms with Crippen molar-refractivity contribution in [1.82, 2.24) is 5.32 Å². The molecule has 0 aliphatic heterocycles. The standard InChI is InChI=1S/C15H22ClF2NO3/c1-13(2,3)22-12(21)19-14(4,11(20)7-16)8-5-9-10(6-8)15(9,17)18/h8-10H,5-7H2,1-4H3,(H,19,21)/t8?,9-,10+,14-/m1/s1. The number of fused-ring (bicyclic) bond motifs is 1. The molecule has 0 aromatic rings. The lowest BCUT2D eigenvalue weighted by atomic mass is 9.79. The number of nitrogens with one attached hydrogen (secondary N) is 1. The van der Waals surface area contributed by atoms with Gasteiger partial charge in [-0.2, -0.15) is 0 Å².